The Kier molecular flexibility index (Phi) is 6.13. The molecule has 3 rings (SSSR count). The molecule has 0 N–H and O–H groups in total. The summed E-state index contributed by atoms with van der Waals surface area (Å²) in [7, 11) is -7.12. The summed E-state index contributed by atoms with van der Waals surface area (Å²) in [5.74, 6) is -1.68. The van der Waals surface area contributed by atoms with Crippen molar-refractivity contribution >= 4 is 31.0 Å². The van der Waals surface area contributed by atoms with Crippen molar-refractivity contribution in [1.29, 1.82) is 0 Å². The number of hydrogen-bond acceptors (Lipinski definition) is 7. The summed E-state index contributed by atoms with van der Waals surface area (Å²) in [6, 6.07) is 9.16. The zero-order valence-electron chi connectivity index (χ0n) is 15.0. The summed E-state index contributed by atoms with van der Waals surface area (Å²) in [5, 5.41) is -0.648. The van der Waals surface area contributed by atoms with Gasteiger partial charge in [0.05, 0.1) is 17.3 Å². The number of thiazole rings is 1. The lowest BCUT2D eigenvalue weighted by Crippen LogP contribution is -2.14. The molecule has 154 valence electrons. The summed E-state index contributed by atoms with van der Waals surface area (Å²) < 4.78 is 82.7. The average Bonchev–Trinajstić information content (AvgIpc) is 3.14. The number of hydrogen-bond donors (Lipinski definition) is 0. The zero-order valence-corrected chi connectivity index (χ0v) is 17.5. The van der Waals surface area contributed by atoms with Crippen LogP contribution >= 0.6 is 11.3 Å². The van der Waals surface area contributed by atoms with Crippen molar-refractivity contribution in [1.82, 2.24) is 4.98 Å². The van der Waals surface area contributed by atoms with Gasteiger partial charge in [-0.2, -0.15) is 0 Å². The van der Waals surface area contributed by atoms with Crippen LogP contribution in [0.2, 0.25) is 0 Å². The summed E-state index contributed by atoms with van der Waals surface area (Å²) in [5.41, 5.74) is 0.235. The van der Waals surface area contributed by atoms with Crippen molar-refractivity contribution in [2.75, 3.05) is 19.5 Å². The fourth-order valence-electron chi connectivity index (χ4n) is 2.41. The van der Waals surface area contributed by atoms with Crippen LogP contribution in [0, 0.1) is 11.6 Å². The molecule has 0 atom stereocenters. The molecule has 11 heteroatoms. The smallest absolute Gasteiger partial charge is 0.226 e. The molecule has 1 aromatic heterocycles. The van der Waals surface area contributed by atoms with Crippen LogP contribution in [0.15, 0.2) is 62.7 Å². The second-order valence-corrected chi connectivity index (χ2v) is 11.1. The molecular formula is C18H15F2NO5S3. The fraction of sp³-hybridized carbons (Fsp3) is 0.167. The Morgan fingerprint density at radius 1 is 1.00 bits per heavy atom. The number of sulfone groups is 2. The van der Waals surface area contributed by atoms with Crippen LogP contribution in [0.1, 0.15) is 0 Å². The van der Waals surface area contributed by atoms with E-state index in [9.17, 15) is 25.6 Å². The Balaban J connectivity index is 2.22. The van der Waals surface area contributed by atoms with Gasteiger partial charge in [0.1, 0.15) is 16.6 Å². The van der Waals surface area contributed by atoms with E-state index in [0.29, 0.717) is 11.3 Å². The van der Waals surface area contributed by atoms with Gasteiger partial charge >= 0.3 is 0 Å². The number of nitrogens with zero attached hydrogens (tertiary/aromatic N) is 1. The largest absolute Gasteiger partial charge is 0.384 e. The van der Waals surface area contributed by atoms with Crippen molar-refractivity contribution in [2.24, 2.45) is 0 Å². The highest BCUT2D eigenvalue weighted by atomic mass is 32.2. The predicted molar refractivity (Wildman–Crippen MR) is 103 cm³/mol. The number of aromatic nitrogens is 1. The van der Waals surface area contributed by atoms with Crippen LogP contribution in [0.5, 0.6) is 0 Å². The Morgan fingerprint density at radius 2 is 1.69 bits per heavy atom. The molecule has 0 aliphatic rings. The van der Waals surface area contributed by atoms with E-state index in [1.165, 1.54) is 25.3 Å². The number of ether oxygens (including phenoxy) is 1. The van der Waals surface area contributed by atoms with Gasteiger partial charge in [0.2, 0.25) is 9.84 Å². The summed E-state index contributed by atoms with van der Waals surface area (Å²) in [6.45, 7) is -0.147. The van der Waals surface area contributed by atoms with Crippen molar-refractivity contribution < 1.29 is 30.4 Å². The zero-order chi connectivity index (χ0) is 21.2. The van der Waals surface area contributed by atoms with Gasteiger partial charge in [-0.15, -0.1) is 11.3 Å². The van der Waals surface area contributed by atoms with Crippen LogP contribution in [-0.2, 0) is 24.4 Å². The molecule has 0 aliphatic heterocycles. The van der Waals surface area contributed by atoms with E-state index in [1.807, 2.05) is 0 Å². The monoisotopic (exact) mass is 459 g/mol. The van der Waals surface area contributed by atoms with E-state index in [4.69, 9.17) is 4.74 Å². The SMILES string of the molecule is COCCS(=O)(=O)c1sc(-c2cccc(F)c2)nc1S(=O)(=O)c1ccc(F)cc1. The molecule has 3 aromatic rings. The van der Waals surface area contributed by atoms with E-state index in [1.54, 1.807) is 0 Å². The molecule has 0 spiro atoms. The summed E-state index contributed by atoms with van der Waals surface area (Å²) in [6.07, 6.45) is 0. The maximum atomic E-state index is 13.6. The normalized spacial score (nSPS) is 12.2. The predicted octanol–water partition coefficient (Wildman–Crippen LogP) is 3.34. The second-order valence-electron chi connectivity index (χ2n) is 5.89. The molecule has 0 bridgehead atoms. The highest BCUT2D eigenvalue weighted by Crippen LogP contribution is 2.37. The molecule has 6 nitrogen and oxygen atoms in total. The van der Waals surface area contributed by atoms with Gasteiger partial charge in [-0.05, 0) is 36.4 Å². The van der Waals surface area contributed by atoms with Crippen LogP contribution in [0.4, 0.5) is 8.78 Å². The third-order valence-electron chi connectivity index (χ3n) is 3.86. The first kappa shape index (κ1) is 21.5. The van der Waals surface area contributed by atoms with Gasteiger partial charge in [-0.3, -0.25) is 0 Å². The molecule has 0 aliphatic carbocycles. The quantitative estimate of drug-likeness (QED) is 0.504. The molecule has 0 unspecified atom stereocenters. The lowest BCUT2D eigenvalue weighted by Gasteiger charge is -2.06. The van der Waals surface area contributed by atoms with Gasteiger partial charge in [0, 0.05) is 12.7 Å². The first-order valence-electron chi connectivity index (χ1n) is 8.14. The fourth-order valence-corrected chi connectivity index (χ4v) is 7.35. The third-order valence-corrected chi connectivity index (χ3v) is 9.18. The minimum Gasteiger partial charge on any atom is -0.384 e. The van der Waals surface area contributed by atoms with Crippen molar-refractivity contribution in [3.8, 4) is 10.6 Å². The number of benzene rings is 2. The molecule has 0 saturated heterocycles. The van der Waals surface area contributed by atoms with Gasteiger partial charge in [-0.1, -0.05) is 12.1 Å². The maximum absolute atomic E-state index is 13.6. The summed E-state index contributed by atoms with van der Waals surface area (Å²) >= 11 is 0.629. The Bertz CT molecular complexity index is 1240. The number of rotatable bonds is 7. The second kappa shape index (κ2) is 8.27. The van der Waals surface area contributed by atoms with E-state index >= 15 is 0 Å². The first-order valence-corrected chi connectivity index (χ1v) is 12.1. The summed E-state index contributed by atoms with van der Waals surface area (Å²) in [4.78, 5) is 3.71. The van der Waals surface area contributed by atoms with E-state index in [-0.39, 0.29) is 22.1 Å². The molecule has 0 fully saturated rings. The average molecular weight is 460 g/mol. The lowest BCUT2D eigenvalue weighted by atomic mass is 10.2. The Hall–Kier alpha value is -2.21. The van der Waals surface area contributed by atoms with Gasteiger partial charge in [0.25, 0.3) is 0 Å². The van der Waals surface area contributed by atoms with Crippen molar-refractivity contribution in [3.05, 3.63) is 60.2 Å². The molecule has 2 aromatic carbocycles. The number of methoxy groups -OCH3 is 1. The molecule has 29 heavy (non-hydrogen) atoms. The van der Waals surface area contributed by atoms with E-state index in [0.717, 1.165) is 30.3 Å². The van der Waals surface area contributed by atoms with Crippen LogP contribution in [0.3, 0.4) is 0 Å². The van der Waals surface area contributed by atoms with E-state index < -0.39 is 46.3 Å². The third kappa shape index (κ3) is 4.53. The standard InChI is InChI=1S/C18H15F2NO5S3/c1-26-9-10-28(22,23)18-17(29(24,25)15-7-5-13(19)6-8-15)21-16(27-18)12-3-2-4-14(20)11-12/h2-8,11H,9-10H2,1H3. The molecule has 1 heterocycles. The molecule has 0 amide bonds. The van der Waals surface area contributed by atoms with E-state index in [2.05, 4.69) is 4.98 Å². The highest BCUT2D eigenvalue weighted by molar-refractivity contribution is 7.96. The van der Waals surface area contributed by atoms with Crippen molar-refractivity contribution in [2.45, 2.75) is 14.1 Å². The topological polar surface area (TPSA) is 90.4 Å². The highest BCUT2D eigenvalue weighted by Gasteiger charge is 2.33. The van der Waals surface area contributed by atoms with Crippen LogP contribution in [0.25, 0.3) is 10.6 Å². The van der Waals surface area contributed by atoms with Gasteiger partial charge < -0.3 is 4.74 Å². The lowest BCUT2D eigenvalue weighted by molar-refractivity contribution is 0.217. The molecule has 0 radical (unpaired) electrons. The first-order chi connectivity index (χ1) is 13.6. The van der Waals surface area contributed by atoms with Gasteiger partial charge in [-0.25, -0.2) is 30.6 Å². The molecular weight excluding hydrogens is 444 g/mol. The maximum Gasteiger partial charge on any atom is 0.226 e. The Labute approximate surface area is 170 Å². The number of halogens is 2. The minimum absolute atomic E-state index is 0.0289. The van der Waals surface area contributed by atoms with Crippen molar-refractivity contribution in [3.63, 3.8) is 0 Å². The van der Waals surface area contributed by atoms with Crippen LogP contribution < -0.4 is 0 Å². The van der Waals surface area contributed by atoms with Gasteiger partial charge in [0.15, 0.2) is 19.1 Å². The minimum atomic E-state index is -4.37. The Morgan fingerprint density at radius 3 is 2.31 bits per heavy atom. The molecule has 0 saturated carbocycles. The van der Waals surface area contributed by atoms with Crippen LogP contribution in [-0.4, -0.2) is 41.3 Å².